The highest BCUT2D eigenvalue weighted by Gasteiger charge is 2.28. The quantitative estimate of drug-likeness (QED) is 0.407. The van der Waals surface area contributed by atoms with E-state index in [0.717, 1.165) is 36.5 Å². The summed E-state index contributed by atoms with van der Waals surface area (Å²) in [6.07, 6.45) is 7.26. The number of rotatable bonds is 7. The monoisotopic (exact) mass is 457 g/mol. The Morgan fingerprint density at radius 1 is 1.09 bits per heavy atom. The lowest BCUT2D eigenvalue weighted by atomic mass is 9.92. The predicted octanol–water partition coefficient (Wildman–Crippen LogP) is 4.28. The molecule has 0 saturated carbocycles. The molecule has 34 heavy (non-hydrogen) atoms. The van der Waals surface area contributed by atoms with Crippen molar-refractivity contribution in [1.29, 1.82) is 0 Å². The SMILES string of the molecule is COC[C@H]1CCCN1Cc1ccc(NC=C2C(=O)NC(=O)c3ccc(-c4ccoc4)cc32)cc1. The Morgan fingerprint density at radius 2 is 1.94 bits per heavy atom. The Labute approximate surface area is 198 Å². The largest absolute Gasteiger partial charge is 0.472 e. The van der Waals surface area contributed by atoms with Crippen LogP contribution in [-0.4, -0.2) is 43.0 Å². The van der Waals surface area contributed by atoms with Crippen molar-refractivity contribution in [2.75, 3.05) is 25.6 Å². The Morgan fingerprint density at radius 3 is 2.71 bits per heavy atom. The standard InChI is InChI=1S/C27H27N3O4/c1-33-17-22-3-2-11-30(22)15-18-4-7-21(8-5-18)28-14-25-24-13-19(20-10-12-34-16-20)6-9-23(24)26(31)29-27(25)32/h4-10,12-14,16,22,28H,2-3,11,15,17H2,1H3,(H,29,31,32)/t22-/m1/s1. The molecule has 5 rings (SSSR count). The number of ether oxygens (including phenoxy) is 1. The average Bonchev–Trinajstić information content (AvgIpc) is 3.53. The van der Waals surface area contributed by atoms with Crippen LogP contribution < -0.4 is 10.6 Å². The second-order valence-electron chi connectivity index (χ2n) is 8.68. The molecule has 7 nitrogen and oxygen atoms in total. The maximum absolute atomic E-state index is 12.6. The molecule has 1 atom stereocenters. The van der Waals surface area contributed by atoms with Crippen LogP contribution in [-0.2, 0) is 16.1 Å². The molecule has 2 aliphatic heterocycles. The number of carbonyl (C=O) groups is 2. The zero-order chi connectivity index (χ0) is 23.5. The molecule has 0 bridgehead atoms. The molecule has 1 saturated heterocycles. The van der Waals surface area contributed by atoms with Gasteiger partial charge >= 0.3 is 0 Å². The Hall–Kier alpha value is -3.68. The Kier molecular flexibility index (Phi) is 6.29. The van der Waals surface area contributed by atoms with Crippen LogP contribution in [0.5, 0.6) is 0 Å². The van der Waals surface area contributed by atoms with E-state index < -0.39 is 11.8 Å². The van der Waals surface area contributed by atoms with E-state index in [1.807, 2.05) is 30.3 Å². The fourth-order valence-corrected chi connectivity index (χ4v) is 4.66. The summed E-state index contributed by atoms with van der Waals surface area (Å²) < 4.78 is 10.5. The van der Waals surface area contributed by atoms with Gasteiger partial charge in [0.2, 0.25) is 0 Å². The molecular formula is C27H27N3O4. The van der Waals surface area contributed by atoms with Crippen molar-refractivity contribution in [3.8, 4) is 11.1 Å². The van der Waals surface area contributed by atoms with Crippen LogP contribution in [0.4, 0.5) is 5.69 Å². The average molecular weight is 458 g/mol. The summed E-state index contributed by atoms with van der Waals surface area (Å²) in [5, 5.41) is 5.64. The molecule has 0 spiro atoms. The van der Waals surface area contributed by atoms with Gasteiger partial charge in [-0.2, -0.15) is 0 Å². The summed E-state index contributed by atoms with van der Waals surface area (Å²) in [5.41, 5.74) is 5.32. The van der Waals surface area contributed by atoms with E-state index in [-0.39, 0.29) is 0 Å². The first-order valence-corrected chi connectivity index (χ1v) is 11.4. The summed E-state index contributed by atoms with van der Waals surface area (Å²) in [4.78, 5) is 27.5. The van der Waals surface area contributed by atoms with Gasteiger partial charge in [0.1, 0.15) is 0 Å². The lowest BCUT2D eigenvalue weighted by molar-refractivity contribution is -0.114. The van der Waals surface area contributed by atoms with Gasteiger partial charge in [-0.1, -0.05) is 18.2 Å². The number of benzene rings is 2. The van der Waals surface area contributed by atoms with Gasteiger partial charge in [0.25, 0.3) is 11.8 Å². The highest BCUT2D eigenvalue weighted by Crippen LogP contribution is 2.30. The molecule has 3 aromatic rings. The molecule has 174 valence electrons. The van der Waals surface area contributed by atoms with E-state index in [9.17, 15) is 9.59 Å². The Bertz CT molecular complexity index is 1220. The third-order valence-electron chi connectivity index (χ3n) is 6.46. The molecule has 1 fully saturated rings. The molecule has 0 radical (unpaired) electrons. The van der Waals surface area contributed by atoms with Gasteiger partial charge in [-0.3, -0.25) is 19.8 Å². The predicted molar refractivity (Wildman–Crippen MR) is 130 cm³/mol. The number of anilines is 1. The van der Waals surface area contributed by atoms with Crippen molar-refractivity contribution in [2.24, 2.45) is 0 Å². The van der Waals surface area contributed by atoms with Crippen molar-refractivity contribution >= 4 is 23.1 Å². The number of hydrogen-bond acceptors (Lipinski definition) is 6. The van der Waals surface area contributed by atoms with Gasteiger partial charge < -0.3 is 14.5 Å². The second-order valence-corrected chi connectivity index (χ2v) is 8.68. The maximum Gasteiger partial charge on any atom is 0.260 e. The number of amides is 2. The van der Waals surface area contributed by atoms with Crippen molar-refractivity contribution in [2.45, 2.75) is 25.4 Å². The normalized spacial score (nSPS) is 19.3. The van der Waals surface area contributed by atoms with E-state index in [1.165, 1.54) is 18.4 Å². The number of methoxy groups -OCH3 is 1. The van der Waals surface area contributed by atoms with Crippen molar-refractivity contribution in [1.82, 2.24) is 10.2 Å². The molecule has 0 aliphatic carbocycles. The first-order chi connectivity index (χ1) is 16.6. The highest BCUT2D eigenvalue weighted by atomic mass is 16.5. The van der Waals surface area contributed by atoms with Crippen LogP contribution in [0.2, 0.25) is 0 Å². The minimum atomic E-state index is -0.427. The maximum atomic E-state index is 12.6. The number of imide groups is 1. The van der Waals surface area contributed by atoms with E-state index in [1.54, 1.807) is 31.9 Å². The van der Waals surface area contributed by atoms with E-state index in [2.05, 4.69) is 27.7 Å². The zero-order valence-electron chi connectivity index (χ0n) is 19.0. The number of nitrogens with one attached hydrogen (secondary N) is 2. The minimum absolute atomic E-state index is 0.395. The summed E-state index contributed by atoms with van der Waals surface area (Å²) in [6.45, 7) is 2.75. The van der Waals surface area contributed by atoms with Crippen LogP contribution >= 0.6 is 0 Å². The first kappa shape index (κ1) is 22.1. The molecule has 7 heteroatoms. The smallest absolute Gasteiger partial charge is 0.260 e. The third-order valence-corrected chi connectivity index (χ3v) is 6.46. The second kappa shape index (κ2) is 9.67. The van der Waals surface area contributed by atoms with Gasteiger partial charge in [-0.05, 0) is 60.8 Å². The molecule has 3 heterocycles. The molecule has 0 unspecified atom stereocenters. The fourth-order valence-electron chi connectivity index (χ4n) is 4.66. The topological polar surface area (TPSA) is 83.8 Å². The van der Waals surface area contributed by atoms with Crippen molar-refractivity contribution in [3.63, 3.8) is 0 Å². The van der Waals surface area contributed by atoms with Crippen LogP contribution in [0.1, 0.15) is 34.3 Å². The number of furan rings is 1. The number of likely N-dealkylation sites (tertiary alicyclic amines) is 1. The van der Waals surface area contributed by atoms with Crippen LogP contribution in [0.3, 0.4) is 0 Å². The first-order valence-electron chi connectivity index (χ1n) is 11.4. The number of fused-ring (bicyclic) bond motifs is 1. The van der Waals surface area contributed by atoms with Gasteiger partial charge in [0.15, 0.2) is 0 Å². The lowest BCUT2D eigenvalue weighted by Gasteiger charge is -2.23. The molecule has 2 aliphatic rings. The summed E-state index contributed by atoms with van der Waals surface area (Å²) in [5.74, 6) is -0.821. The minimum Gasteiger partial charge on any atom is -0.472 e. The highest BCUT2D eigenvalue weighted by molar-refractivity contribution is 6.31. The summed E-state index contributed by atoms with van der Waals surface area (Å²) in [7, 11) is 1.75. The number of carbonyl (C=O) groups excluding carboxylic acids is 2. The fraction of sp³-hybridized carbons (Fsp3) is 0.259. The zero-order valence-corrected chi connectivity index (χ0v) is 19.0. The number of nitrogens with zero attached hydrogens (tertiary/aromatic N) is 1. The van der Waals surface area contributed by atoms with Gasteiger partial charge in [0, 0.05) is 48.3 Å². The summed E-state index contributed by atoms with van der Waals surface area (Å²) in [6, 6.07) is 15.9. The molecular weight excluding hydrogens is 430 g/mol. The van der Waals surface area contributed by atoms with Crippen LogP contribution in [0.15, 0.2) is 71.7 Å². The number of hydrogen-bond donors (Lipinski definition) is 2. The van der Waals surface area contributed by atoms with E-state index in [0.29, 0.717) is 22.7 Å². The molecule has 2 aromatic carbocycles. The van der Waals surface area contributed by atoms with E-state index >= 15 is 0 Å². The van der Waals surface area contributed by atoms with Crippen LogP contribution in [0.25, 0.3) is 16.7 Å². The van der Waals surface area contributed by atoms with Crippen molar-refractivity contribution in [3.05, 3.63) is 83.9 Å². The molecule has 1 aromatic heterocycles. The van der Waals surface area contributed by atoms with Gasteiger partial charge in [0.05, 0.1) is 24.7 Å². The molecule has 2 N–H and O–H groups in total. The summed E-state index contributed by atoms with van der Waals surface area (Å²) >= 11 is 0. The third kappa shape index (κ3) is 4.53. The Balaban J connectivity index is 1.34. The van der Waals surface area contributed by atoms with E-state index in [4.69, 9.17) is 9.15 Å². The van der Waals surface area contributed by atoms with Gasteiger partial charge in [-0.15, -0.1) is 0 Å². The van der Waals surface area contributed by atoms with Crippen LogP contribution in [0, 0.1) is 0 Å². The molecule has 2 amide bonds. The van der Waals surface area contributed by atoms with Crippen molar-refractivity contribution < 1.29 is 18.7 Å². The lowest BCUT2D eigenvalue weighted by Crippen LogP contribution is -2.36. The van der Waals surface area contributed by atoms with Gasteiger partial charge in [-0.25, -0.2) is 0 Å².